The van der Waals surface area contributed by atoms with Crippen molar-refractivity contribution >= 4 is 17.6 Å². The summed E-state index contributed by atoms with van der Waals surface area (Å²) < 4.78 is 0. The van der Waals surface area contributed by atoms with Gasteiger partial charge in [-0.25, -0.2) is 4.79 Å². The number of hydrogen-bond donors (Lipinski definition) is 2. The summed E-state index contributed by atoms with van der Waals surface area (Å²) in [6.07, 6.45) is 6.54. The van der Waals surface area contributed by atoms with E-state index in [1.165, 1.54) is 17.0 Å². The first-order valence-corrected chi connectivity index (χ1v) is 7.03. The number of benzene rings is 1. The van der Waals surface area contributed by atoms with Crippen LogP contribution in [0.25, 0.3) is 0 Å². The summed E-state index contributed by atoms with van der Waals surface area (Å²) >= 11 is 0. The third kappa shape index (κ3) is 3.92. The van der Waals surface area contributed by atoms with Gasteiger partial charge in [0.1, 0.15) is 0 Å². The number of aromatic carboxylic acids is 1. The minimum atomic E-state index is -1.00. The molecule has 0 aliphatic heterocycles. The van der Waals surface area contributed by atoms with Crippen molar-refractivity contribution in [2.24, 2.45) is 5.92 Å². The fourth-order valence-electron chi connectivity index (χ4n) is 2.48. The van der Waals surface area contributed by atoms with Gasteiger partial charge < -0.3 is 15.1 Å². The number of anilines is 1. The Labute approximate surface area is 123 Å². The fraction of sp³-hybridized carbons (Fsp3) is 0.375. The van der Waals surface area contributed by atoms with Gasteiger partial charge in [-0.3, -0.25) is 4.79 Å². The first-order valence-electron chi connectivity index (χ1n) is 7.03. The zero-order chi connectivity index (χ0) is 15.2. The van der Waals surface area contributed by atoms with Crippen LogP contribution in [0.15, 0.2) is 36.4 Å². The van der Waals surface area contributed by atoms with E-state index >= 15 is 0 Å². The molecule has 1 atom stereocenters. The molecule has 0 bridgehead atoms. The van der Waals surface area contributed by atoms with Crippen molar-refractivity contribution in [3.63, 3.8) is 0 Å². The first-order chi connectivity index (χ1) is 10.1. The average molecular weight is 289 g/mol. The number of allylic oxidation sites excluding steroid dienone is 2. The molecule has 2 rings (SSSR count). The highest BCUT2D eigenvalue weighted by Crippen LogP contribution is 2.23. The smallest absolute Gasteiger partial charge is 0.335 e. The summed E-state index contributed by atoms with van der Waals surface area (Å²) in [5.41, 5.74) is 0.787. The Balaban J connectivity index is 2.11. The number of carboxylic acid groups (broad SMARTS) is 1. The van der Waals surface area contributed by atoms with Gasteiger partial charge in [0.2, 0.25) is 5.91 Å². The molecule has 1 unspecified atom stereocenters. The number of rotatable bonds is 6. The maximum absolute atomic E-state index is 12.4. The van der Waals surface area contributed by atoms with Gasteiger partial charge >= 0.3 is 5.97 Å². The number of carbonyl (C=O) groups excluding carboxylic acids is 1. The van der Waals surface area contributed by atoms with Crippen LogP contribution in [0.1, 0.15) is 29.6 Å². The molecule has 1 aliphatic carbocycles. The fourth-order valence-corrected chi connectivity index (χ4v) is 2.48. The molecule has 0 saturated heterocycles. The summed E-state index contributed by atoms with van der Waals surface area (Å²) in [4.78, 5) is 24.7. The Morgan fingerprint density at radius 1 is 1.24 bits per heavy atom. The van der Waals surface area contributed by atoms with Crippen molar-refractivity contribution in [1.29, 1.82) is 0 Å². The Hall–Kier alpha value is -2.14. The first kappa shape index (κ1) is 15.3. The highest BCUT2D eigenvalue weighted by molar-refractivity contribution is 5.94. The number of amides is 1. The Kier molecular flexibility index (Phi) is 5.11. The van der Waals surface area contributed by atoms with E-state index in [1.807, 2.05) is 0 Å². The number of hydrogen-bond acceptors (Lipinski definition) is 3. The van der Waals surface area contributed by atoms with Gasteiger partial charge in [-0.15, -0.1) is 0 Å². The molecule has 5 heteroatoms. The molecule has 0 saturated carbocycles. The van der Waals surface area contributed by atoms with Crippen LogP contribution in [-0.4, -0.2) is 35.2 Å². The molecule has 2 N–H and O–H groups in total. The molecule has 5 nitrogen and oxygen atoms in total. The molecule has 0 radical (unpaired) electrons. The normalized spacial score (nSPS) is 16.9. The van der Waals surface area contributed by atoms with Crippen LogP contribution >= 0.6 is 0 Å². The van der Waals surface area contributed by atoms with E-state index in [4.69, 9.17) is 10.2 Å². The van der Waals surface area contributed by atoms with Gasteiger partial charge in [0.25, 0.3) is 0 Å². The second-order valence-corrected chi connectivity index (χ2v) is 5.09. The van der Waals surface area contributed by atoms with E-state index in [1.54, 1.807) is 12.1 Å². The second-order valence-electron chi connectivity index (χ2n) is 5.09. The Morgan fingerprint density at radius 3 is 2.48 bits per heavy atom. The van der Waals surface area contributed by atoms with Gasteiger partial charge in [-0.2, -0.15) is 0 Å². The molecule has 0 aromatic heterocycles. The topological polar surface area (TPSA) is 77.8 Å². The zero-order valence-electron chi connectivity index (χ0n) is 11.7. The van der Waals surface area contributed by atoms with Crippen LogP contribution in [0.3, 0.4) is 0 Å². The van der Waals surface area contributed by atoms with E-state index in [0.29, 0.717) is 12.1 Å². The standard InChI is InChI=1S/C16H19NO4/c18-10-9-17(15(19)11-12-3-1-2-4-12)14-7-5-13(6-8-14)16(20)21/h1,3,5-8,12,18H,2,4,9-11H2,(H,20,21). The Bertz CT molecular complexity index is 536. The predicted molar refractivity (Wildman–Crippen MR) is 79.3 cm³/mol. The molecule has 0 fully saturated rings. The molecular weight excluding hydrogens is 270 g/mol. The van der Waals surface area contributed by atoms with Crippen molar-refractivity contribution in [2.75, 3.05) is 18.1 Å². The van der Waals surface area contributed by atoms with E-state index in [0.717, 1.165) is 12.8 Å². The average Bonchev–Trinajstić information content (AvgIpc) is 2.97. The van der Waals surface area contributed by atoms with E-state index in [9.17, 15) is 9.59 Å². The summed E-state index contributed by atoms with van der Waals surface area (Å²) in [5, 5.41) is 18.0. The third-order valence-electron chi connectivity index (χ3n) is 3.60. The van der Waals surface area contributed by atoms with Gasteiger partial charge in [-0.1, -0.05) is 12.2 Å². The van der Waals surface area contributed by atoms with Crippen molar-refractivity contribution < 1.29 is 19.8 Å². The highest BCUT2D eigenvalue weighted by atomic mass is 16.4. The van der Waals surface area contributed by atoms with E-state index < -0.39 is 5.97 Å². The van der Waals surface area contributed by atoms with Crippen molar-refractivity contribution in [1.82, 2.24) is 0 Å². The monoisotopic (exact) mass is 289 g/mol. The zero-order valence-corrected chi connectivity index (χ0v) is 11.7. The van der Waals surface area contributed by atoms with Gasteiger partial charge in [0.05, 0.1) is 12.2 Å². The number of carboxylic acids is 1. The molecule has 1 aromatic rings. The molecule has 1 amide bonds. The highest BCUT2D eigenvalue weighted by Gasteiger charge is 2.20. The van der Waals surface area contributed by atoms with Crippen molar-refractivity contribution in [3.8, 4) is 0 Å². The summed E-state index contributed by atoms with van der Waals surface area (Å²) in [7, 11) is 0. The molecular formula is C16H19NO4. The van der Waals surface area contributed by atoms with Crippen molar-refractivity contribution in [2.45, 2.75) is 19.3 Å². The molecule has 112 valence electrons. The summed E-state index contributed by atoms with van der Waals surface area (Å²) in [6.45, 7) is 0.0780. The number of aliphatic hydroxyl groups is 1. The van der Waals surface area contributed by atoms with Gasteiger partial charge in [0, 0.05) is 18.7 Å². The largest absolute Gasteiger partial charge is 0.478 e. The van der Waals surface area contributed by atoms with Crippen LogP contribution in [0.2, 0.25) is 0 Å². The second kappa shape index (κ2) is 7.04. The Morgan fingerprint density at radius 2 is 1.95 bits per heavy atom. The third-order valence-corrected chi connectivity index (χ3v) is 3.60. The lowest BCUT2D eigenvalue weighted by molar-refractivity contribution is -0.119. The SMILES string of the molecule is O=C(O)c1ccc(N(CCO)C(=O)CC2C=CCC2)cc1. The van der Waals surface area contributed by atoms with Gasteiger partial charge in [-0.05, 0) is 43.0 Å². The quantitative estimate of drug-likeness (QED) is 0.786. The number of nitrogens with zero attached hydrogens (tertiary/aromatic N) is 1. The maximum Gasteiger partial charge on any atom is 0.335 e. The molecule has 1 aliphatic rings. The van der Waals surface area contributed by atoms with Crippen LogP contribution in [-0.2, 0) is 4.79 Å². The number of aliphatic hydroxyl groups excluding tert-OH is 1. The molecule has 0 heterocycles. The van der Waals surface area contributed by atoms with Crippen LogP contribution < -0.4 is 4.90 Å². The van der Waals surface area contributed by atoms with E-state index in [-0.39, 0.29) is 30.5 Å². The lowest BCUT2D eigenvalue weighted by atomic mass is 10.0. The van der Waals surface area contributed by atoms with Crippen LogP contribution in [0, 0.1) is 5.92 Å². The van der Waals surface area contributed by atoms with E-state index in [2.05, 4.69) is 12.2 Å². The predicted octanol–water partition coefficient (Wildman–Crippen LogP) is 2.07. The maximum atomic E-state index is 12.4. The van der Waals surface area contributed by atoms with Crippen molar-refractivity contribution in [3.05, 3.63) is 42.0 Å². The van der Waals surface area contributed by atoms with Crippen LogP contribution in [0.5, 0.6) is 0 Å². The minimum Gasteiger partial charge on any atom is -0.478 e. The van der Waals surface area contributed by atoms with Gasteiger partial charge in [0.15, 0.2) is 0 Å². The summed E-state index contributed by atoms with van der Waals surface area (Å²) in [5.74, 6) is -0.793. The minimum absolute atomic E-state index is 0.0522. The lowest BCUT2D eigenvalue weighted by Gasteiger charge is -2.23. The molecule has 21 heavy (non-hydrogen) atoms. The number of carbonyl (C=O) groups is 2. The molecule has 0 spiro atoms. The van der Waals surface area contributed by atoms with Crippen LogP contribution in [0.4, 0.5) is 5.69 Å². The summed E-state index contributed by atoms with van der Waals surface area (Å²) in [6, 6.07) is 6.12. The molecule has 1 aromatic carbocycles. The lowest BCUT2D eigenvalue weighted by Crippen LogP contribution is -2.34.